The molecule has 0 aliphatic heterocycles. The Kier molecular flexibility index (Phi) is 6.10. The van der Waals surface area contributed by atoms with Gasteiger partial charge in [0.1, 0.15) is 24.7 Å². The van der Waals surface area contributed by atoms with E-state index >= 15 is 0 Å². The number of para-hydroxylation sites is 1. The normalized spacial score (nSPS) is 10.3. The summed E-state index contributed by atoms with van der Waals surface area (Å²) in [5, 5.41) is 2.94. The first-order chi connectivity index (χ1) is 13.1. The fourth-order valence-corrected chi connectivity index (χ4v) is 2.69. The molecule has 3 aromatic carbocycles. The van der Waals surface area contributed by atoms with Crippen molar-refractivity contribution in [2.45, 2.75) is 13.8 Å². The van der Waals surface area contributed by atoms with Crippen molar-refractivity contribution in [1.82, 2.24) is 0 Å². The summed E-state index contributed by atoms with van der Waals surface area (Å²) in [6, 6.07) is 22.7. The highest BCUT2D eigenvalue weighted by Crippen LogP contribution is 2.18. The van der Waals surface area contributed by atoms with E-state index in [2.05, 4.69) is 5.32 Å². The van der Waals surface area contributed by atoms with Crippen LogP contribution in [0.25, 0.3) is 0 Å². The molecule has 0 radical (unpaired) electrons. The van der Waals surface area contributed by atoms with Gasteiger partial charge in [-0.05, 0) is 61.9 Å². The first-order valence-electron chi connectivity index (χ1n) is 8.91. The molecule has 0 saturated carbocycles. The molecule has 138 valence electrons. The molecule has 0 spiro atoms. The second kappa shape index (κ2) is 8.90. The van der Waals surface area contributed by atoms with Crippen molar-refractivity contribution in [3.05, 3.63) is 89.5 Å². The first-order valence-corrected chi connectivity index (χ1v) is 8.91. The van der Waals surface area contributed by atoms with Crippen molar-refractivity contribution in [3.63, 3.8) is 0 Å². The van der Waals surface area contributed by atoms with Gasteiger partial charge in [0.15, 0.2) is 0 Å². The average molecular weight is 361 g/mol. The van der Waals surface area contributed by atoms with Crippen LogP contribution in [0.4, 0.5) is 5.69 Å². The van der Waals surface area contributed by atoms with Gasteiger partial charge in [0.2, 0.25) is 0 Å². The summed E-state index contributed by atoms with van der Waals surface area (Å²) in [5.41, 5.74) is 3.62. The van der Waals surface area contributed by atoms with Crippen LogP contribution in [0.3, 0.4) is 0 Å². The molecule has 0 atom stereocenters. The van der Waals surface area contributed by atoms with Gasteiger partial charge in [0.05, 0.1) is 0 Å². The number of carbonyl (C=O) groups excluding carboxylic acids is 1. The molecular formula is C23H23NO3. The lowest BCUT2D eigenvalue weighted by Gasteiger charge is -2.10. The second-order valence-electron chi connectivity index (χ2n) is 6.31. The Morgan fingerprint density at radius 1 is 0.815 bits per heavy atom. The number of benzene rings is 3. The van der Waals surface area contributed by atoms with Gasteiger partial charge in [-0.15, -0.1) is 0 Å². The van der Waals surface area contributed by atoms with E-state index in [4.69, 9.17) is 9.47 Å². The van der Waals surface area contributed by atoms with Gasteiger partial charge in [-0.2, -0.15) is 0 Å². The zero-order valence-corrected chi connectivity index (χ0v) is 15.6. The third-order valence-corrected chi connectivity index (χ3v) is 4.11. The van der Waals surface area contributed by atoms with Gasteiger partial charge in [0, 0.05) is 11.3 Å². The van der Waals surface area contributed by atoms with Crippen molar-refractivity contribution in [1.29, 1.82) is 0 Å². The van der Waals surface area contributed by atoms with Gasteiger partial charge in [-0.3, -0.25) is 4.79 Å². The number of hydrogen-bond acceptors (Lipinski definition) is 3. The number of nitrogens with one attached hydrogen (secondary N) is 1. The van der Waals surface area contributed by atoms with Crippen molar-refractivity contribution >= 4 is 11.6 Å². The highest BCUT2D eigenvalue weighted by atomic mass is 16.5. The Hall–Kier alpha value is -3.27. The SMILES string of the molecule is Cc1ccc(NC(=O)c2ccc(OCCOc3ccccc3)cc2)c(C)c1. The van der Waals surface area contributed by atoms with Crippen LogP contribution < -0.4 is 14.8 Å². The van der Waals surface area contributed by atoms with E-state index < -0.39 is 0 Å². The predicted molar refractivity (Wildman–Crippen MR) is 108 cm³/mol. The van der Waals surface area contributed by atoms with Crippen LogP contribution in [0.5, 0.6) is 11.5 Å². The van der Waals surface area contributed by atoms with E-state index in [1.54, 1.807) is 24.3 Å². The minimum atomic E-state index is -0.138. The zero-order valence-electron chi connectivity index (χ0n) is 15.6. The lowest BCUT2D eigenvalue weighted by Crippen LogP contribution is -2.13. The summed E-state index contributed by atoms with van der Waals surface area (Å²) in [4.78, 5) is 12.4. The van der Waals surface area contributed by atoms with E-state index in [-0.39, 0.29) is 5.91 Å². The van der Waals surface area contributed by atoms with Gasteiger partial charge in [-0.1, -0.05) is 35.9 Å². The van der Waals surface area contributed by atoms with Crippen LogP contribution in [0.1, 0.15) is 21.5 Å². The minimum Gasteiger partial charge on any atom is -0.490 e. The molecule has 4 nitrogen and oxygen atoms in total. The average Bonchev–Trinajstić information content (AvgIpc) is 2.69. The smallest absolute Gasteiger partial charge is 0.255 e. The molecule has 0 aliphatic rings. The molecule has 0 bridgehead atoms. The summed E-state index contributed by atoms with van der Waals surface area (Å²) in [6.07, 6.45) is 0. The van der Waals surface area contributed by atoms with Crippen LogP contribution in [-0.4, -0.2) is 19.1 Å². The van der Waals surface area contributed by atoms with E-state index in [1.165, 1.54) is 5.56 Å². The summed E-state index contributed by atoms with van der Waals surface area (Å²) in [7, 11) is 0. The summed E-state index contributed by atoms with van der Waals surface area (Å²) < 4.78 is 11.2. The van der Waals surface area contributed by atoms with Gasteiger partial charge < -0.3 is 14.8 Å². The Morgan fingerprint density at radius 2 is 1.44 bits per heavy atom. The number of hydrogen-bond donors (Lipinski definition) is 1. The first kappa shape index (κ1) is 18.5. The van der Waals surface area contributed by atoms with Gasteiger partial charge in [0.25, 0.3) is 5.91 Å². The van der Waals surface area contributed by atoms with E-state index in [9.17, 15) is 4.79 Å². The third-order valence-electron chi connectivity index (χ3n) is 4.11. The molecule has 1 N–H and O–H groups in total. The number of aryl methyl sites for hydroxylation is 2. The molecule has 0 heterocycles. The quantitative estimate of drug-likeness (QED) is 0.602. The van der Waals surface area contributed by atoms with Crippen molar-refractivity contribution in [2.75, 3.05) is 18.5 Å². The number of anilines is 1. The molecule has 4 heteroatoms. The van der Waals surface area contributed by atoms with Gasteiger partial charge in [-0.25, -0.2) is 0 Å². The molecule has 0 fully saturated rings. The Bertz CT molecular complexity index is 889. The Balaban J connectivity index is 1.49. The van der Waals surface area contributed by atoms with Crippen LogP contribution >= 0.6 is 0 Å². The van der Waals surface area contributed by atoms with E-state index in [1.807, 2.05) is 62.4 Å². The van der Waals surface area contributed by atoms with Crippen LogP contribution in [0.15, 0.2) is 72.8 Å². The molecule has 27 heavy (non-hydrogen) atoms. The van der Waals surface area contributed by atoms with Crippen LogP contribution in [0.2, 0.25) is 0 Å². The maximum absolute atomic E-state index is 12.4. The maximum atomic E-state index is 12.4. The van der Waals surface area contributed by atoms with E-state index in [0.717, 1.165) is 17.0 Å². The fourth-order valence-electron chi connectivity index (χ4n) is 2.69. The van der Waals surface area contributed by atoms with Gasteiger partial charge >= 0.3 is 0 Å². The minimum absolute atomic E-state index is 0.138. The second-order valence-corrected chi connectivity index (χ2v) is 6.31. The zero-order chi connectivity index (χ0) is 19.1. The highest BCUT2D eigenvalue weighted by Gasteiger charge is 2.08. The van der Waals surface area contributed by atoms with Crippen LogP contribution in [0, 0.1) is 13.8 Å². The maximum Gasteiger partial charge on any atom is 0.255 e. The third kappa shape index (κ3) is 5.35. The Morgan fingerprint density at radius 3 is 2.07 bits per heavy atom. The Labute approximate surface area is 159 Å². The number of rotatable bonds is 7. The van der Waals surface area contributed by atoms with E-state index in [0.29, 0.717) is 24.5 Å². The fraction of sp³-hybridized carbons (Fsp3) is 0.174. The molecule has 3 aromatic rings. The summed E-state index contributed by atoms with van der Waals surface area (Å²) in [6.45, 7) is 4.90. The largest absolute Gasteiger partial charge is 0.490 e. The lowest BCUT2D eigenvalue weighted by molar-refractivity contribution is 0.102. The predicted octanol–water partition coefficient (Wildman–Crippen LogP) is 5.01. The number of ether oxygens (including phenoxy) is 2. The van der Waals surface area contributed by atoms with Crippen molar-refractivity contribution < 1.29 is 14.3 Å². The molecule has 1 amide bonds. The number of carbonyl (C=O) groups is 1. The summed E-state index contributed by atoms with van der Waals surface area (Å²) >= 11 is 0. The summed E-state index contributed by atoms with van der Waals surface area (Å²) in [5.74, 6) is 1.38. The highest BCUT2D eigenvalue weighted by molar-refractivity contribution is 6.04. The van der Waals surface area contributed by atoms with Crippen molar-refractivity contribution in [2.24, 2.45) is 0 Å². The van der Waals surface area contributed by atoms with Crippen molar-refractivity contribution in [3.8, 4) is 11.5 Å². The topological polar surface area (TPSA) is 47.6 Å². The molecule has 0 aromatic heterocycles. The molecule has 3 rings (SSSR count). The molecule has 0 unspecified atom stereocenters. The number of amides is 1. The standard InChI is InChI=1S/C23H23NO3/c1-17-8-13-22(18(2)16-17)24-23(25)19-9-11-21(12-10-19)27-15-14-26-20-6-4-3-5-7-20/h3-13,16H,14-15H2,1-2H3,(H,24,25). The molecular weight excluding hydrogens is 338 g/mol. The van der Waals surface area contributed by atoms with Crippen LogP contribution in [-0.2, 0) is 0 Å². The molecule has 0 aliphatic carbocycles. The molecule has 0 saturated heterocycles. The monoisotopic (exact) mass is 361 g/mol. The lowest BCUT2D eigenvalue weighted by atomic mass is 10.1.